The minimum atomic E-state index is -4.12. The van der Waals surface area contributed by atoms with Crippen LogP contribution in [0.1, 0.15) is 44.3 Å². The fraction of sp³-hybridized carbons (Fsp3) is 0.312. The molecule has 1 N–H and O–H groups in total. The summed E-state index contributed by atoms with van der Waals surface area (Å²) >= 11 is 0.660. The molecule has 0 spiro atoms. The maximum Gasteiger partial charge on any atom is 0.348 e. The maximum absolute atomic E-state index is 12.8. The summed E-state index contributed by atoms with van der Waals surface area (Å²) in [4.78, 5) is 28.1. The van der Waals surface area contributed by atoms with E-state index in [1.54, 1.807) is 31.3 Å². The predicted molar refractivity (Wildman–Crippen MR) is 94.7 cm³/mol. The SMILES string of the molecule is COC(=O)c1sc(S(=O)(=O)N[C@H](C)c2ccccn2)c(C(=O)OC)c1C. The first kappa shape index (κ1) is 20.0. The second kappa shape index (κ2) is 7.94. The molecule has 0 amide bonds. The van der Waals surface area contributed by atoms with Crippen LogP contribution in [-0.4, -0.2) is 39.6 Å². The Morgan fingerprint density at radius 3 is 2.38 bits per heavy atom. The normalized spacial score (nSPS) is 12.5. The van der Waals surface area contributed by atoms with Crippen LogP contribution in [0.4, 0.5) is 0 Å². The summed E-state index contributed by atoms with van der Waals surface area (Å²) in [6.07, 6.45) is 1.55. The molecule has 0 saturated heterocycles. The summed E-state index contributed by atoms with van der Waals surface area (Å²) in [6.45, 7) is 3.09. The summed E-state index contributed by atoms with van der Waals surface area (Å²) in [6, 6.07) is 4.48. The fourth-order valence-corrected chi connectivity index (χ4v) is 5.26. The van der Waals surface area contributed by atoms with E-state index in [4.69, 9.17) is 0 Å². The van der Waals surface area contributed by atoms with Crippen LogP contribution in [0, 0.1) is 6.92 Å². The molecular formula is C16H18N2O6S2. The van der Waals surface area contributed by atoms with Gasteiger partial charge in [0.15, 0.2) is 4.21 Å². The van der Waals surface area contributed by atoms with E-state index in [0.29, 0.717) is 17.0 Å². The number of hydrogen-bond donors (Lipinski definition) is 1. The summed E-state index contributed by atoms with van der Waals surface area (Å²) in [5.74, 6) is -1.57. The number of nitrogens with zero attached hydrogens (tertiary/aromatic N) is 1. The molecule has 0 unspecified atom stereocenters. The minimum Gasteiger partial charge on any atom is -0.465 e. The molecule has 0 aromatic carbocycles. The number of carbonyl (C=O) groups excluding carboxylic acids is 2. The second-order valence-corrected chi connectivity index (χ2v) is 8.23. The Bertz CT molecular complexity index is 922. The Morgan fingerprint density at radius 2 is 1.85 bits per heavy atom. The molecule has 2 rings (SSSR count). The highest BCUT2D eigenvalue weighted by molar-refractivity contribution is 7.91. The lowest BCUT2D eigenvalue weighted by atomic mass is 10.2. The van der Waals surface area contributed by atoms with Gasteiger partial charge in [0.25, 0.3) is 10.0 Å². The molecule has 0 saturated carbocycles. The van der Waals surface area contributed by atoms with Gasteiger partial charge in [-0.05, 0) is 31.5 Å². The number of sulfonamides is 1. The zero-order chi connectivity index (χ0) is 19.5. The Hall–Kier alpha value is -2.30. The average Bonchev–Trinajstić information content (AvgIpc) is 2.99. The molecule has 0 radical (unpaired) electrons. The van der Waals surface area contributed by atoms with Crippen LogP contribution in [0.2, 0.25) is 0 Å². The molecule has 2 aromatic rings. The smallest absolute Gasteiger partial charge is 0.348 e. The highest BCUT2D eigenvalue weighted by atomic mass is 32.2. The van der Waals surface area contributed by atoms with Gasteiger partial charge in [0, 0.05) is 6.20 Å². The largest absolute Gasteiger partial charge is 0.465 e. The van der Waals surface area contributed by atoms with Gasteiger partial charge in [-0.2, -0.15) is 0 Å². The molecular weight excluding hydrogens is 380 g/mol. The number of carbonyl (C=O) groups is 2. The van der Waals surface area contributed by atoms with Crippen molar-refractivity contribution in [2.24, 2.45) is 0 Å². The molecule has 10 heteroatoms. The standard InChI is InChI=1S/C16H18N2O6S2/c1-9-12(14(19)23-3)16(25-13(9)15(20)24-4)26(21,22)18-10(2)11-7-5-6-8-17-11/h5-8,10,18H,1-4H3/t10-/m1/s1. The molecule has 0 aliphatic rings. The van der Waals surface area contributed by atoms with Crippen LogP contribution in [-0.2, 0) is 19.5 Å². The first-order chi connectivity index (χ1) is 12.2. The lowest BCUT2D eigenvalue weighted by Gasteiger charge is -2.13. The van der Waals surface area contributed by atoms with E-state index in [1.807, 2.05) is 0 Å². The van der Waals surface area contributed by atoms with Crippen LogP contribution < -0.4 is 4.72 Å². The van der Waals surface area contributed by atoms with Crippen LogP contribution in [0.5, 0.6) is 0 Å². The van der Waals surface area contributed by atoms with E-state index in [1.165, 1.54) is 14.0 Å². The van der Waals surface area contributed by atoms with Crippen molar-refractivity contribution >= 4 is 33.3 Å². The van der Waals surface area contributed by atoms with Crippen LogP contribution in [0.3, 0.4) is 0 Å². The zero-order valence-electron chi connectivity index (χ0n) is 14.6. The summed E-state index contributed by atoms with van der Waals surface area (Å²) in [5, 5.41) is 0. The van der Waals surface area contributed by atoms with Crippen LogP contribution >= 0.6 is 11.3 Å². The Labute approximate surface area is 155 Å². The fourth-order valence-electron chi connectivity index (χ4n) is 2.28. The molecule has 140 valence electrons. The third-order valence-electron chi connectivity index (χ3n) is 3.58. The number of methoxy groups -OCH3 is 2. The Balaban J connectivity index is 2.51. The lowest BCUT2D eigenvalue weighted by molar-refractivity contribution is 0.0596. The number of hydrogen-bond acceptors (Lipinski definition) is 8. The summed E-state index contributed by atoms with van der Waals surface area (Å²) < 4.78 is 37.2. The van der Waals surface area contributed by atoms with Crippen LogP contribution in [0.25, 0.3) is 0 Å². The quantitative estimate of drug-likeness (QED) is 0.741. The number of rotatable bonds is 6. The van der Waals surface area contributed by atoms with Gasteiger partial charge in [0.05, 0.1) is 31.5 Å². The Kier molecular flexibility index (Phi) is 6.11. The number of aromatic nitrogens is 1. The molecule has 1 atom stereocenters. The van der Waals surface area contributed by atoms with Crippen molar-refractivity contribution in [2.75, 3.05) is 14.2 Å². The van der Waals surface area contributed by atoms with Gasteiger partial charge in [0.1, 0.15) is 4.88 Å². The van der Waals surface area contributed by atoms with Crippen molar-refractivity contribution in [1.82, 2.24) is 9.71 Å². The number of thiophene rings is 1. The molecule has 2 heterocycles. The molecule has 8 nitrogen and oxygen atoms in total. The number of esters is 2. The lowest BCUT2D eigenvalue weighted by Crippen LogP contribution is -2.28. The highest BCUT2D eigenvalue weighted by Gasteiger charge is 2.33. The number of nitrogens with one attached hydrogen (secondary N) is 1. The van der Waals surface area contributed by atoms with Gasteiger partial charge in [-0.25, -0.2) is 22.7 Å². The van der Waals surface area contributed by atoms with Gasteiger partial charge in [-0.15, -0.1) is 11.3 Å². The van der Waals surface area contributed by atoms with E-state index in [9.17, 15) is 18.0 Å². The topological polar surface area (TPSA) is 112 Å². The van der Waals surface area contributed by atoms with E-state index < -0.39 is 28.0 Å². The van der Waals surface area contributed by atoms with E-state index in [-0.39, 0.29) is 20.2 Å². The third-order valence-corrected chi connectivity index (χ3v) is 6.91. The monoisotopic (exact) mass is 398 g/mol. The number of ether oxygens (including phenoxy) is 2. The van der Waals surface area contributed by atoms with Gasteiger partial charge in [-0.3, -0.25) is 4.98 Å². The molecule has 0 fully saturated rings. The molecule has 26 heavy (non-hydrogen) atoms. The zero-order valence-corrected chi connectivity index (χ0v) is 16.2. The van der Waals surface area contributed by atoms with Crippen molar-refractivity contribution in [1.29, 1.82) is 0 Å². The first-order valence-electron chi connectivity index (χ1n) is 7.46. The highest BCUT2D eigenvalue weighted by Crippen LogP contribution is 2.33. The first-order valence-corrected chi connectivity index (χ1v) is 9.76. The summed E-state index contributed by atoms with van der Waals surface area (Å²) in [7, 11) is -1.80. The second-order valence-electron chi connectivity index (χ2n) is 5.30. The molecule has 0 aliphatic heterocycles. The van der Waals surface area contributed by atoms with Crippen molar-refractivity contribution in [2.45, 2.75) is 24.1 Å². The minimum absolute atomic E-state index is 0.0266. The van der Waals surface area contributed by atoms with Crippen molar-refractivity contribution in [3.05, 3.63) is 46.1 Å². The third kappa shape index (κ3) is 3.92. The van der Waals surface area contributed by atoms with Gasteiger partial charge >= 0.3 is 11.9 Å². The van der Waals surface area contributed by atoms with Gasteiger partial charge in [-0.1, -0.05) is 6.07 Å². The maximum atomic E-state index is 12.8. The van der Waals surface area contributed by atoms with Crippen molar-refractivity contribution in [3.8, 4) is 0 Å². The van der Waals surface area contributed by atoms with Crippen molar-refractivity contribution in [3.63, 3.8) is 0 Å². The van der Waals surface area contributed by atoms with Gasteiger partial charge < -0.3 is 9.47 Å². The van der Waals surface area contributed by atoms with E-state index in [2.05, 4.69) is 19.2 Å². The Morgan fingerprint density at radius 1 is 1.19 bits per heavy atom. The molecule has 0 aliphatic carbocycles. The van der Waals surface area contributed by atoms with E-state index in [0.717, 1.165) is 7.11 Å². The van der Waals surface area contributed by atoms with Crippen LogP contribution in [0.15, 0.2) is 28.6 Å². The summed E-state index contributed by atoms with van der Waals surface area (Å²) in [5.41, 5.74) is 0.523. The predicted octanol–water partition coefficient (Wildman–Crippen LogP) is 2.06. The average molecular weight is 398 g/mol. The van der Waals surface area contributed by atoms with E-state index >= 15 is 0 Å². The molecule has 0 bridgehead atoms. The number of pyridine rings is 1. The van der Waals surface area contributed by atoms with Gasteiger partial charge in [0.2, 0.25) is 0 Å². The van der Waals surface area contributed by atoms with Crippen molar-refractivity contribution < 1.29 is 27.5 Å². The molecule has 2 aromatic heterocycles.